The van der Waals surface area contributed by atoms with Gasteiger partial charge in [0.25, 0.3) is 0 Å². The van der Waals surface area contributed by atoms with Gasteiger partial charge in [0, 0.05) is 0 Å². The van der Waals surface area contributed by atoms with Crippen LogP contribution in [0.15, 0.2) is 47.4 Å². The van der Waals surface area contributed by atoms with E-state index in [2.05, 4.69) is 25.5 Å². The lowest BCUT2D eigenvalue weighted by atomic mass is 9.85. The summed E-state index contributed by atoms with van der Waals surface area (Å²) in [5, 5.41) is 0. The van der Waals surface area contributed by atoms with Crippen molar-refractivity contribution < 1.29 is 13.2 Å². The summed E-state index contributed by atoms with van der Waals surface area (Å²) < 4.78 is 28.5. The van der Waals surface area contributed by atoms with Crippen molar-refractivity contribution in [2.75, 3.05) is 0 Å². The van der Waals surface area contributed by atoms with E-state index in [9.17, 15) is 13.2 Å². The number of hydrogen-bond donors (Lipinski definition) is 2. The minimum atomic E-state index is -3.93. The van der Waals surface area contributed by atoms with Gasteiger partial charge in [-0.1, -0.05) is 63.2 Å². The van der Waals surface area contributed by atoms with Crippen LogP contribution in [0.4, 0.5) is 0 Å². The normalized spacial score (nSPS) is 13.4. The van der Waals surface area contributed by atoms with E-state index in [1.165, 1.54) is 0 Å². The van der Waals surface area contributed by atoms with E-state index in [-0.39, 0.29) is 10.3 Å². The molecule has 1 atom stereocenters. The molecule has 140 valence electrons. The Morgan fingerprint density at radius 2 is 1.54 bits per heavy atom. The number of carbonyl (C=O) groups is 1. The number of carbonyl (C=O) groups excluding carboxylic acids is 1. The Balaban J connectivity index is 2.49. The Labute approximate surface area is 155 Å². The fraction of sp³-hybridized carbons (Fsp3) is 0.350. The molecule has 0 aliphatic heterocycles. The largest absolute Gasteiger partial charge is 0.368 e. The van der Waals surface area contributed by atoms with Crippen LogP contribution in [0, 0.1) is 13.8 Å². The number of nitrogens with one attached hydrogen (secondary N) is 1. The number of primary amides is 1. The maximum atomic E-state index is 13.0. The van der Waals surface area contributed by atoms with E-state index < -0.39 is 22.0 Å². The predicted octanol–water partition coefficient (Wildman–Crippen LogP) is 3.11. The fourth-order valence-electron chi connectivity index (χ4n) is 2.96. The van der Waals surface area contributed by atoms with E-state index in [0.717, 1.165) is 5.56 Å². The Morgan fingerprint density at radius 1 is 1.04 bits per heavy atom. The molecule has 0 fully saturated rings. The van der Waals surface area contributed by atoms with Crippen LogP contribution in [0.2, 0.25) is 0 Å². The van der Waals surface area contributed by atoms with Crippen molar-refractivity contribution in [1.82, 2.24) is 4.72 Å². The van der Waals surface area contributed by atoms with Crippen molar-refractivity contribution in [2.45, 2.75) is 51.0 Å². The molecule has 2 rings (SSSR count). The Morgan fingerprint density at radius 3 is 1.96 bits per heavy atom. The molecule has 0 saturated carbocycles. The van der Waals surface area contributed by atoms with Crippen molar-refractivity contribution in [3.05, 3.63) is 64.7 Å². The third-order valence-corrected chi connectivity index (χ3v) is 6.01. The molecule has 6 heteroatoms. The first-order chi connectivity index (χ1) is 11.9. The van der Waals surface area contributed by atoms with E-state index in [1.54, 1.807) is 44.2 Å². The van der Waals surface area contributed by atoms with Crippen molar-refractivity contribution >= 4 is 15.9 Å². The SMILES string of the molecule is Cc1cc(C(C)(C)C)cc(C)c1S(=O)(=O)NC(C(N)=O)c1ccccc1. The molecule has 0 radical (unpaired) electrons. The maximum absolute atomic E-state index is 13.0. The summed E-state index contributed by atoms with van der Waals surface area (Å²) in [6, 6.07) is 11.2. The van der Waals surface area contributed by atoms with Gasteiger partial charge in [-0.3, -0.25) is 4.79 Å². The van der Waals surface area contributed by atoms with Crippen LogP contribution in [0.3, 0.4) is 0 Å². The minimum Gasteiger partial charge on any atom is -0.368 e. The zero-order valence-corrected chi connectivity index (χ0v) is 16.6. The molecule has 1 unspecified atom stereocenters. The molecule has 3 N–H and O–H groups in total. The minimum absolute atomic E-state index is 0.0922. The van der Waals surface area contributed by atoms with Crippen LogP contribution in [0.1, 0.15) is 49.1 Å². The van der Waals surface area contributed by atoms with E-state index in [4.69, 9.17) is 5.73 Å². The number of amides is 1. The molecule has 2 aromatic rings. The lowest BCUT2D eigenvalue weighted by molar-refractivity contribution is -0.119. The van der Waals surface area contributed by atoms with Crippen LogP contribution < -0.4 is 10.5 Å². The Bertz CT molecular complexity index is 891. The van der Waals surface area contributed by atoms with Crippen molar-refractivity contribution in [2.24, 2.45) is 5.73 Å². The first-order valence-corrected chi connectivity index (χ1v) is 9.90. The van der Waals surface area contributed by atoms with Crippen LogP contribution >= 0.6 is 0 Å². The lowest BCUT2D eigenvalue weighted by Gasteiger charge is -2.23. The van der Waals surface area contributed by atoms with Crippen LogP contribution in [-0.4, -0.2) is 14.3 Å². The summed E-state index contributed by atoms with van der Waals surface area (Å²) in [6.07, 6.45) is 0. The molecule has 1 amide bonds. The number of rotatable bonds is 5. The zero-order valence-electron chi connectivity index (χ0n) is 15.8. The first-order valence-electron chi connectivity index (χ1n) is 8.42. The van der Waals surface area contributed by atoms with Gasteiger partial charge in [-0.15, -0.1) is 0 Å². The molecule has 0 heterocycles. The molecule has 2 aromatic carbocycles. The van der Waals surface area contributed by atoms with Gasteiger partial charge in [0.2, 0.25) is 15.9 Å². The number of sulfonamides is 1. The number of nitrogens with two attached hydrogens (primary N) is 1. The summed E-state index contributed by atoms with van der Waals surface area (Å²) in [4.78, 5) is 12.0. The Kier molecular flexibility index (Phi) is 5.58. The van der Waals surface area contributed by atoms with Gasteiger partial charge in [0.15, 0.2) is 0 Å². The highest BCUT2D eigenvalue weighted by atomic mass is 32.2. The van der Waals surface area contributed by atoms with Gasteiger partial charge < -0.3 is 5.73 Å². The molecule has 0 spiro atoms. The Hall–Kier alpha value is -2.18. The highest BCUT2D eigenvalue weighted by Crippen LogP contribution is 2.30. The maximum Gasteiger partial charge on any atom is 0.242 e. The second-order valence-electron chi connectivity index (χ2n) is 7.56. The summed E-state index contributed by atoms with van der Waals surface area (Å²) in [5.41, 5.74) is 8.19. The van der Waals surface area contributed by atoms with E-state index in [1.807, 2.05) is 12.1 Å². The fourth-order valence-corrected chi connectivity index (χ4v) is 4.60. The summed E-state index contributed by atoms with van der Waals surface area (Å²) >= 11 is 0. The van der Waals surface area contributed by atoms with Crippen LogP contribution in [0.5, 0.6) is 0 Å². The molecular weight excluding hydrogens is 348 g/mol. The number of benzene rings is 2. The zero-order chi connectivity index (χ0) is 19.7. The van der Waals surface area contributed by atoms with Gasteiger partial charge in [-0.2, -0.15) is 4.72 Å². The molecule has 5 nitrogen and oxygen atoms in total. The highest BCUT2D eigenvalue weighted by Gasteiger charge is 2.28. The standard InChI is InChI=1S/C20H26N2O3S/c1-13-11-16(20(3,4)5)12-14(2)18(13)26(24,25)22-17(19(21)23)15-9-7-6-8-10-15/h6-12,17,22H,1-5H3,(H2,21,23). The first kappa shape index (κ1) is 20.1. The topological polar surface area (TPSA) is 89.3 Å². The molecule has 0 saturated heterocycles. The monoisotopic (exact) mass is 374 g/mol. The van der Waals surface area contributed by atoms with Crippen molar-refractivity contribution in [3.8, 4) is 0 Å². The highest BCUT2D eigenvalue weighted by molar-refractivity contribution is 7.89. The van der Waals surface area contributed by atoms with Gasteiger partial charge in [-0.25, -0.2) is 8.42 Å². The van der Waals surface area contributed by atoms with Gasteiger partial charge in [0.05, 0.1) is 4.90 Å². The van der Waals surface area contributed by atoms with Crippen molar-refractivity contribution in [1.29, 1.82) is 0 Å². The molecule has 0 aromatic heterocycles. The second-order valence-corrected chi connectivity index (χ2v) is 9.21. The third kappa shape index (κ3) is 4.31. The molecule has 26 heavy (non-hydrogen) atoms. The molecular formula is C20H26N2O3S. The number of hydrogen-bond acceptors (Lipinski definition) is 3. The van der Waals surface area contributed by atoms with Gasteiger partial charge >= 0.3 is 0 Å². The van der Waals surface area contributed by atoms with Crippen LogP contribution in [-0.2, 0) is 20.2 Å². The quantitative estimate of drug-likeness (QED) is 0.843. The van der Waals surface area contributed by atoms with E-state index in [0.29, 0.717) is 16.7 Å². The average Bonchev–Trinajstić information content (AvgIpc) is 2.51. The lowest BCUT2D eigenvalue weighted by Crippen LogP contribution is -2.38. The average molecular weight is 375 g/mol. The second kappa shape index (κ2) is 7.21. The smallest absolute Gasteiger partial charge is 0.242 e. The molecule has 0 bridgehead atoms. The predicted molar refractivity (Wildman–Crippen MR) is 103 cm³/mol. The molecule has 0 aliphatic rings. The number of aryl methyl sites for hydroxylation is 2. The third-order valence-electron chi connectivity index (χ3n) is 4.29. The summed E-state index contributed by atoms with van der Waals surface area (Å²) in [7, 11) is -3.93. The molecule has 0 aliphatic carbocycles. The summed E-state index contributed by atoms with van der Waals surface area (Å²) in [5.74, 6) is -0.749. The van der Waals surface area contributed by atoms with E-state index >= 15 is 0 Å². The van der Waals surface area contributed by atoms with Gasteiger partial charge in [-0.05, 0) is 41.5 Å². The van der Waals surface area contributed by atoms with Crippen molar-refractivity contribution in [3.63, 3.8) is 0 Å². The summed E-state index contributed by atoms with van der Waals surface area (Å²) in [6.45, 7) is 9.75. The van der Waals surface area contributed by atoms with Crippen LogP contribution in [0.25, 0.3) is 0 Å². The van der Waals surface area contributed by atoms with Gasteiger partial charge in [0.1, 0.15) is 6.04 Å².